The molecule has 3 atom stereocenters. The number of urea groups is 1. The molecule has 1 N–H and O–H groups in total. The molecule has 136 valence electrons. The lowest BCUT2D eigenvalue weighted by atomic mass is 9.84. The summed E-state index contributed by atoms with van der Waals surface area (Å²) >= 11 is 0. The number of hydrogen-bond donors (Lipinski definition) is 1. The zero-order valence-corrected chi connectivity index (χ0v) is 15.1. The van der Waals surface area contributed by atoms with Crippen LogP contribution in [0.25, 0.3) is 0 Å². The van der Waals surface area contributed by atoms with Gasteiger partial charge in [0.1, 0.15) is 5.75 Å². The molecule has 25 heavy (non-hydrogen) atoms. The summed E-state index contributed by atoms with van der Waals surface area (Å²) in [6.07, 6.45) is 4.46. The third-order valence-corrected chi connectivity index (χ3v) is 6.11. The standard InChI is InChI=1S/C20H29N3O2/c1-22-11-8-18-16(14-22)5-4-10-23(18)20(24)21-13-15-9-12-25-19-7-3-2-6-17(15)19/h2-3,6-7,15-16,18H,4-5,8-14H2,1H3,(H,21,24)/t15-,16-,18+/m0/s1. The van der Waals surface area contributed by atoms with Crippen molar-refractivity contribution in [3.63, 3.8) is 0 Å². The third-order valence-electron chi connectivity index (χ3n) is 6.11. The van der Waals surface area contributed by atoms with Crippen LogP contribution in [0.2, 0.25) is 0 Å². The molecule has 0 radical (unpaired) electrons. The average Bonchev–Trinajstić information content (AvgIpc) is 2.65. The molecule has 2 saturated heterocycles. The van der Waals surface area contributed by atoms with Gasteiger partial charge in [-0.15, -0.1) is 0 Å². The van der Waals surface area contributed by atoms with Gasteiger partial charge in [0.25, 0.3) is 0 Å². The highest BCUT2D eigenvalue weighted by molar-refractivity contribution is 5.74. The lowest BCUT2D eigenvalue weighted by Crippen LogP contribution is -2.57. The maximum Gasteiger partial charge on any atom is 0.317 e. The van der Waals surface area contributed by atoms with Crippen LogP contribution < -0.4 is 10.1 Å². The predicted molar refractivity (Wildman–Crippen MR) is 98.0 cm³/mol. The fourth-order valence-electron chi connectivity index (χ4n) is 4.78. The molecule has 1 aromatic carbocycles. The normalized spacial score (nSPS) is 29.3. The van der Waals surface area contributed by atoms with Gasteiger partial charge in [0.2, 0.25) is 0 Å². The number of benzene rings is 1. The van der Waals surface area contributed by atoms with E-state index in [1.54, 1.807) is 0 Å². The second-order valence-corrected chi connectivity index (χ2v) is 7.77. The monoisotopic (exact) mass is 343 g/mol. The average molecular weight is 343 g/mol. The molecule has 0 bridgehead atoms. The molecule has 2 amide bonds. The summed E-state index contributed by atoms with van der Waals surface area (Å²) in [6.45, 7) is 4.56. The summed E-state index contributed by atoms with van der Waals surface area (Å²) in [7, 11) is 2.19. The Morgan fingerprint density at radius 2 is 2.12 bits per heavy atom. The molecule has 3 heterocycles. The Balaban J connectivity index is 1.38. The van der Waals surface area contributed by atoms with E-state index in [9.17, 15) is 4.79 Å². The van der Waals surface area contributed by atoms with Crippen molar-refractivity contribution < 1.29 is 9.53 Å². The van der Waals surface area contributed by atoms with E-state index in [0.29, 0.717) is 24.4 Å². The van der Waals surface area contributed by atoms with Crippen molar-refractivity contribution in [3.8, 4) is 5.75 Å². The van der Waals surface area contributed by atoms with E-state index in [-0.39, 0.29) is 6.03 Å². The van der Waals surface area contributed by atoms with Crippen LogP contribution >= 0.6 is 0 Å². The molecule has 5 heteroatoms. The molecule has 0 unspecified atom stereocenters. The van der Waals surface area contributed by atoms with Gasteiger partial charge in [0.05, 0.1) is 6.61 Å². The van der Waals surface area contributed by atoms with Gasteiger partial charge in [-0.25, -0.2) is 4.79 Å². The Kier molecular flexibility index (Phi) is 4.84. The van der Waals surface area contributed by atoms with E-state index >= 15 is 0 Å². The number of hydrogen-bond acceptors (Lipinski definition) is 3. The molecule has 5 nitrogen and oxygen atoms in total. The summed E-state index contributed by atoms with van der Waals surface area (Å²) in [5.74, 6) is 1.97. The molecular formula is C20H29N3O2. The summed E-state index contributed by atoms with van der Waals surface area (Å²) in [5, 5.41) is 3.23. The first-order chi connectivity index (χ1) is 12.2. The van der Waals surface area contributed by atoms with Crippen molar-refractivity contribution in [2.45, 2.75) is 37.6 Å². The van der Waals surface area contributed by atoms with E-state index < -0.39 is 0 Å². The first-order valence-corrected chi connectivity index (χ1v) is 9.67. The van der Waals surface area contributed by atoms with Crippen LogP contribution in [-0.4, -0.2) is 61.7 Å². The maximum atomic E-state index is 12.9. The zero-order valence-electron chi connectivity index (χ0n) is 15.1. The smallest absolute Gasteiger partial charge is 0.317 e. The Bertz CT molecular complexity index is 621. The summed E-state index contributed by atoms with van der Waals surface area (Å²) < 4.78 is 5.73. The molecular weight excluding hydrogens is 314 g/mol. The lowest BCUT2D eigenvalue weighted by Gasteiger charge is -2.46. The SMILES string of the molecule is CN1CC[C@@H]2[C@@H](CCCN2C(=O)NC[C@@H]2CCOc3ccccc32)C1. The topological polar surface area (TPSA) is 44.8 Å². The van der Waals surface area contributed by atoms with Crippen LogP contribution in [0.5, 0.6) is 5.75 Å². The molecule has 4 rings (SSSR count). The quantitative estimate of drug-likeness (QED) is 0.898. The highest BCUT2D eigenvalue weighted by atomic mass is 16.5. The Morgan fingerprint density at radius 3 is 3.04 bits per heavy atom. The Labute approximate surface area is 150 Å². The molecule has 0 aromatic heterocycles. The van der Waals surface area contributed by atoms with Gasteiger partial charge < -0.3 is 19.9 Å². The summed E-state index contributed by atoms with van der Waals surface area (Å²) in [6, 6.07) is 8.76. The highest BCUT2D eigenvalue weighted by Gasteiger charge is 2.37. The van der Waals surface area contributed by atoms with Gasteiger partial charge in [0.15, 0.2) is 0 Å². The molecule has 0 aliphatic carbocycles. The van der Waals surface area contributed by atoms with E-state index in [1.165, 1.54) is 12.0 Å². The minimum Gasteiger partial charge on any atom is -0.493 e. The number of carbonyl (C=O) groups excluding carboxylic acids is 1. The van der Waals surface area contributed by atoms with Crippen molar-refractivity contribution >= 4 is 6.03 Å². The van der Waals surface area contributed by atoms with Crippen LogP contribution in [-0.2, 0) is 0 Å². The van der Waals surface area contributed by atoms with Gasteiger partial charge >= 0.3 is 6.03 Å². The van der Waals surface area contributed by atoms with Crippen LogP contribution in [0.4, 0.5) is 4.79 Å². The fourth-order valence-corrected chi connectivity index (χ4v) is 4.78. The van der Waals surface area contributed by atoms with E-state index in [0.717, 1.165) is 51.3 Å². The fraction of sp³-hybridized carbons (Fsp3) is 0.650. The van der Waals surface area contributed by atoms with E-state index in [4.69, 9.17) is 4.74 Å². The second-order valence-electron chi connectivity index (χ2n) is 7.77. The van der Waals surface area contributed by atoms with Crippen molar-refractivity contribution in [3.05, 3.63) is 29.8 Å². The summed E-state index contributed by atoms with van der Waals surface area (Å²) in [5.41, 5.74) is 1.23. The van der Waals surface area contributed by atoms with Gasteiger partial charge in [-0.05, 0) is 56.8 Å². The van der Waals surface area contributed by atoms with Crippen LogP contribution in [0.15, 0.2) is 24.3 Å². The largest absolute Gasteiger partial charge is 0.493 e. The van der Waals surface area contributed by atoms with E-state index in [1.807, 2.05) is 12.1 Å². The zero-order chi connectivity index (χ0) is 17.2. The molecule has 0 spiro atoms. The van der Waals surface area contributed by atoms with Crippen LogP contribution in [0.1, 0.15) is 37.2 Å². The van der Waals surface area contributed by atoms with Gasteiger partial charge in [-0.2, -0.15) is 0 Å². The van der Waals surface area contributed by atoms with Crippen molar-refractivity contribution in [1.29, 1.82) is 0 Å². The number of amides is 2. The number of likely N-dealkylation sites (tertiary alicyclic amines) is 2. The first kappa shape index (κ1) is 16.7. The number of nitrogens with one attached hydrogen (secondary N) is 1. The van der Waals surface area contributed by atoms with Gasteiger partial charge in [-0.1, -0.05) is 18.2 Å². The molecule has 2 fully saturated rings. The minimum absolute atomic E-state index is 0.128. The minimum atomic E-state index is 0.128. The van der Waals surface area contributed by atoms with Crippen molar-refractivity contribution in [2.24, 2.45) is 5.92 Å². The number of rotatable bonds is 2. The number of nitrogens with zero attached hydrogens (tertiary/aromatic N) is 2. The number of carbonyl (C=O) groups is 1. The first-order valence-electron chi connectivity index (χ1n) is 9.67. The number of piperidine rings is 2. The predicted octanol–water partition coefficient (Wildman–Crippen LogP) is 2.68. The maximum absolute atomic E-state index is 12.9. The number of para-hydroxylation sites is 1. The number of fused-ring (bicyclic) bond motifs is 2. The van der Waals surface area contributed by atoms with Crippen molar-refractivity contribution in [1.82, 2.24) is 15.1 Å². The van der Waals surface area contributed by atoms with Gasteiger partial charge in [0, 0.05) is 31.6 Å². The second kappa shape index (κ2) is 7.24. The number of ether oxygens (including phenoxy) is 1. The molecule has 1 aromatic rings. The molecule has 3 aliphatic heterocycles. The van der Waals surface area contributed by atoms with E-state index in [2.05, 4.69) is 34.3 Å². The Morgan fingerprint density at radius 1 is 1.24 bits per heavy atom. The van der Waals surface area contributed by atoms with Crippen molar-refractivity contribution in [2.75, 3.05) is 39.8 Å². The van der Waals surface area contributed by atoms with Gasteiger partial charge in [-0.3, -0.25) is 0 Å². The molecule has 3 aliphatic rings. The third kappa shape index (κ3) is 3.47. The highest BCUT2D eigenvalue weighted by Crippen LogP contribution is 2.33. The van der Waals surface area contributed by atoms with Crippen LogP contribution in [0, 0.1) is 5.92 Å². The van der Waals surface area contributed by atoms with Crippen LogP contribution in [0.3, 0.4) is 0 Å². The Hall–Kier alpha value is -1.75. The molecule has 0 saturated carbocycles. The summed E-state index contributed by atoms with van der Waals surface area (Å²) in [4.78, 5) is 17.4. The lowest BCUT2D eigenvalue weighted by molar-refractivity contribution is 0.0531.